The molecule has 5 nitrogen and oxygen atoms in total. The van der Waals surface area contributed by atoms with Crippen molar-refractivity contribution in [2.24, 2.45) is 0 Å². The standard InChI is InChI=1S/C21H25NO4S2/c1-16-7-11-19(12-8-16)27(23,24)18(3)21-6-4-5-15-22(21)28(25,26)20-13-9-17(2)10-14-20/h7-14,21H,3-6,15H2,1-2H3. The van der Waals surface area contributed by atoms with E-state index in [1.54, 1.807) is 36.4 Å². The van der Waals surface area contributed by atoms with Crippen LogP contribution in [-0.4, -0.2) is 33.7 Å². The minimum Gasteiger partial charge on any atom is -0.219 e. The van der Waals surface area contributed by atoms with Gasteiger partial charge in [0.05, 0.1) is 20.7 Å². The van der Waals surface area contributed by atoms with Crippen LogP contribution in [0.2, 0.25) is 0 Å². The molecule has 1 saturated heterocycles. The molecular weight excluding hydrogens is 394 g/mol. The van der Waals surface area contributed by atoms with Crippen LogP contribution in [0.4, 0.5) is 0 Å². The Hall–Kier alpha value is -1.96. The monoisotopic (exact) mass is 419 g/mol. The molecular formula is C21H25NO4S2. The fourth-order valence-electron chi connectivity index (χ4n) is 3.41. The molecule has 28 heavy (non-hydrogen) atoms. The first-order valence-corrected chi connectivity index (χ1v) is 12.2. The highest BCUT2D eigenvalue weighted by atomic mass is 32.2. The van der Waals surface area contributed by atoms with Gasteiger partial charge in [0.1, 0.15) is 0 Å². The molecule has 0 bridgehead atoms. The normalized spacial score (nSPS) is 18.7. The average Bonchev–Trinajstić information content (AvgIpc) is 2.68. The number of benzene rings is 2. The van der Waals surface area contributed by atoms with Gasteiger partial charge in [-0.3, -0.25) is 0 Å². The van der Waals surface area contributed by atoms with Crippen LogP contribution >= 0.6 is 0 Å². The molecule has 7 heteroatoms. The van der Waals surface area contributed by atoms with Crippen LogP contribution in [0.1, 0.15) is 30.4 Å². The van der Waals surface area contributed by atoms with Gasteiger partial charge in [-0.15, -0.1) is 0 Å². The van der Waals surface area contributed by atoms with Crippen molar-refractivity contribution in [1.82, 2.24) is 4.31 Å². The number of hydrogen-bond acceptors (Lipinski definition) is 4. The molecule has 1 unspecified atom stereocenters. The Morgan fingerprint density at radius 1 is 0.857 bits per heavy atom. The van der Waals surface area contributed by atoms with Crippen LogP contribution in [0.3, 0.4) is 0 Å². The number of piperidine rings is 1. The summed E-state index contributed by atoms with van der Waals surface area (Å²) >= 11 is 0. The molecule has 0 saturated carbocycles. The van der Waals surface area contributed by atoms with Crippen molar-refractivity contribution < 1.29 is 16.8 Å². The molecule has 1 atom stereocenters. The Bertz CT molecular complexity index is 1070. The van der Waals surface area contributed by atoms with Crippen molar-refractivity contribution in [3.05, 3.63) is 71.1 Å². The van der Waals surface area contributed by atoms with Crippen molar-refractivity contribution in [1.29, 1.82) is 0 Å². The summed E-state index contributed by atoms with van der Waals surface area (Å²) in [5.41, 5.74) is 1.91. The molecule has 1 aliphatic rings. The lowest BCUT2D eigenvalue weighted by atomic mass is 10.1. The molecule has 1 fully saturated rings. The second kappa shape index (κ2) is 7.81. The summed E-state index contributed by atoms with van der Waals surface area (Å²) in [5.74, 6) is 0. The molecule has 3 rings (SSSR count). The zero-order valence-corrected chi connectivity index (χ0v) is 17.8. The Balaban J connectivity index is 1.98. The summed E-state index contributed by atoms with van der Waals surface area (Å²) in [6.45, 7) is 7.87. The summed E-state index contributed by atoms with van der Waals surface area (Å²) in [6, 6.07) is 12.4. The molecule has 1 aliphatic heterocycles. The van der Waals surface area contributed by atoms with E-state index in [1.807, 2.05) is 13.8 Å². The van der Waals surface area contributed by atoms with Gasteiger partial charge in [0.2, 0.25) is 19.9 Å². The molecule has 2 aromatic carbocycles. The first-order valence-electron chi connectivity index (χ1n) is 9.23. The van der Waals surface area contributed by atoms with Gasteiger partial charge in [-0.05, 0) is 51.0 Å². The third kappa shape index (κ3) is 3.92. The van der Waals surface area contributed by atoms with Crippen LogP contribution in [0.25, 0.3) is 0 Å². The van der Waals surface area contributed by atoms with Crippen LogP contribution in [0, 0.1) is 13.8 Å². The Morgan fingerprint density at radius 3 is 1.89 bits per heavy atom. The van der Waals surface area contributed by atoms with E-state index < -0.39 is 25.9 Å². The van der Waals surface area contributed by atoms with E-state index in [0.717, 1.165) is 17.5 Å². The maximum Gasteiger partial charge on any atom is 0.243 e. The molecule has 1 heterocycles. The molecule has 0 spiro atoms. The zero-order valence-electron chi connectivity index (χ0n) is 16.1. The Morgan fingerprint density at radius 2 is 1.36 bits per heavy atom. The summed E-state index contributed by atoms with van der Waals surface area (Å²) in [7, 11) is -7.65. The van der Waals surface area contributed by atoms with Gasteiger partial charge in [-0.25, -0.2) is 16.8 Å². The number of aryl methyl sites for hydroxylation is 2. The van der Waals surface area contributed by atoms with E-state index in [-0.39, 0.29) is 21.2 Å². The Kier molecular flexibility index (Phi) is 5.79. The van der Waals surface area contributed by atoms with Crippen molar-refractivity contribution in [3.8, 4) is 0 Å². The first-order chi connectivity index (χ1) is 13.1. The van der Waals surface area contributed by atoms with Gasteiger partial charge in [-0.1, -0.05) is 48.4 Å². The number of sulfonamides is 1. The van der Waals surface area contributed by atoms with E-state index in [1.165, 1.54) is 16.4 Å². The van der Waals surface area contributed by atoms with Gasteiger partial charge < -0.3 is 0 Å². The fraction of sp³-hybridized carbons (Fsp3) is 0.333. The lowest BCUT2D eigenvalue weighted by Gasteiger charge is -2.35. The minimum atomic E-state index is -3.84. The smallest absolute Gasteiger partial charge is 0.219 e. The summed E-state index contributed by atoms with van der Waals surface area (Å²) in [6.07, 6.45) is 1.89. The molecule has 150 valence electrons. The quantitative estimate of drug-likeness (QED) is 0.738. The highest BCUT2D eigenvalue weighted by Gasteiger charge is 2.39. The van der Waals surface area contributed by atoms with Crippen LogP contribution < -0.4 is 0 Å². The summed E-state index contributed by atoms with van der Waals surface area (Å²) in [5, 5.41) is 0. The number of hydrogen-bond donors (Lipinski definition) is 0. The fourth-order valence-corrected chi connectivity index (χ4v) is 6.56. The van der Waals surface area contributed by atoms with Gasteiger partial charge in [0.25, 0.3) is 0 Å². The Labute approximate surface area is 167 Å². The lowest BCUT2D eigenvalue weighted by Crippen LogP contribution is -2.45. The second-order valence-electron chi connectivity index (χ2n) is 7.22. The van der Waals surface area contributed by atoms with Crippen molar-refractivity contribution in [2.45, 2.75) is 48.9 Å². The predicted octanol–water partition coefficient (Wildman–Crippen LogP) is 3.83. The number of nitrogens with zero attached hydrogens (tertiary/aromatic N) is 1. The molecule has 0 N–H and O–H groups in total. The van der Waals surface area contributed by atoms with E-state index in [9.17, 15) is 16.8 Å². The SMILES string of the molecule is C=C(C1CCCCN1S(=O)(=O)c1ccc(C)cc1)S(=O)(=O)c1ccc(C)cc1. The van der Waals surface area contributed by atoms with Gasteiger partial charge in [0.15, 0.2) is 0 Å². The van der Waals surface area contributed by atoms with Gasteiger partial charge in [0, 0.05) is 6.54 Å². The first kappa shape index (κ1) is 20.8. The van der Waals surface area contributed by atoms with Crippen molar-refractivity contribution in [3.63, 3.8) is 0 Å². The predicted molar refractivity (Wildman–Crippen MR) is 110 cm³/mol. The maximum atomic E-state index is 13.2. The molecule has 0 aromatic heterocycles. The average molecular weight is 420 g/mol. The van der Waals surface area contributed by atoms with Gasteiger partial charge >= 0.3 is 0 Å². The minimum absolute atomic E-state index is 0.0632. The second-order valence-corrected chi connectivity index (χ2v) is 11.1. The largest absolute Gasteiger partial charge is 0.243 e. The van der Waals surface area contributed by atoms with Crippen molar-refractivity contribution >= 4 is 19.9 Å². The topological polar surface area (TPSA) is 71.5 Å². The molecule has 0 amide bonds. The summed E-state index contributed by atoms with van der Waals surface area (Å²) in [4.78, 5) is 0.249. The maximum absolute atomic E-state index is 13.2. The van der Waals surface area contributed by atoms with Crippen LogP contribution in [-0.2, 0) is 19.9 Å². The molecule has 2 aromatic rings. The molecule has 0 radical (unpaired) electrons. The molecule has 0 aliphatic carbocycles. The summed E-state index contributed by atoms with van der Waals surface area (Å²) < 4.78 is 53.9. The van der Waals surface area contributed by atoms with E-state index >= 15 is 0 Å². The number of rotatable bonds is 5. The zero-order chi connectivity index (χ0) is 20.5. The van der Waals surface area contributed by atoms with Gasteiger partial charge in [-0.2, -0.15) is 4.31 Å². The third-order valence-corrected chi connectivity index (χ3v) is 8.91. The van der Waals surface area contributed by atoms with E-state index in [2.05, 4.69) is 6.58 Å². The van der Waals surface area contributed by atoms with E-state index in [0.29, 0.717) is 12.8 Å². The highest BCUT2D eigenvalue weighted by molar-refractivity contribution is 7.95. The third-order valence-electron chi connectivity index (χ3n) is 5.13. The number of sulfone groups is 1. The van der Waals surface area contributed by atoms with E-state index in [4.69, 9.17) is 0 Å². The van der Waals surface area contributed by atoms with Crippen LogP contribution in [0.15, 0.2) is 69.8 Å². The van der Waals surface area contributed by atoms with Crippen LogP contribution in [0.5, 0.6) is 0 Å². The van der Waals surface area contributed by atoms with Crippen molar-refractivity contribution in [2.75, 3.05) is 6.54 Å². The highest BCUT2D eigenvalue weighted by Crippen LogP contribution is 2.33. The lowest BCUT2D eigenvalue weighted by molar-refractivity contribution is 0.287.